The minimum Gasteiger partial charge on any atom is -0.480 e. The van der Waals surface area contributed by atoms with Gasteiger partial charge in [-0.3, -0.25) is 14.9 Å². The van der Waals surface area contributed by atoms with Crippen molar-refractivity contribution in [2.45, 2.75) is 51.7 Å². The third kappa shape index (κ3) is 6.93. The van der Waals surface area contributed by atoms with Gasteiger partial charge in [0, 0.05) is 6.42 Å². The first kappa shape index (κ1) is 24.1. The second-order valence-electron chi connectivity index (χ2n) is 7.76. The van der Waals surface area contributed by atoms with Crippen LogP contribution < -0.4 is 10.6 Å². The molecule has 0 radical (unpaired) electrons. The van der Waals surface area contributed by atoms with Crippen LogP contribution in [0.1, 0.15) is 32.8 Å². The summed E-state index contributed by atoms with van der Waals surface area (Å²) < 4.78 is 0. The SMILES string of the molecule is CC[C@H](C)[C@H](N[C@@H](C)C(=O)O)C(=O)N[C@@H](Cc1ccc(-c2ccccc2)cc1)C(=O)O. The predicted molar refractivity (Wildman–Crippen MR) is 119 cm³/mol. The number of aliphatic carboxylic acids is 2. The molecule has 0 heterocycles. The molecular formula is C24H30N2O5. The van der Waals surface area contributed by atoms with Crippen molar-refractivity contribution in [1.29, 1.82) is 0 Å². The number of carbonyl (C=O) groups excluding carboxylic acids is 1. The van der Waals surface area contributed by atoms with Crippen molar-refractivity contribution in [2.24, 2.45) is 5.92 Å². The van der Waals surface area contributed by atoms with Crippen molar-refractivity contribution < 1.29 is 24.6 Å². The van der Waals surface area contributed by atoms with E-state index in [1.165, 1.54) is 6.92 Å². The van der Waals surface area contributed by atoms with Crippen LogP contribution in [0.5, 0.6) is 0 Å². The Morgan fingerprint density at radius 3 is 1.97 bits per heavy atom. The summed E-state index contributed by atoms with van der Waals surface area (Å²) in [5, 5.41) is 24.2. The highest BCUT2D eigenvalue weighted by atomic mass is 16.4. The number of carboxylic acids is 2. The minimum atomic E-state index is -1.14. The maximum absolute atomic E-state index is 12.8. The van der Waals surface area contributed by atoms with Crippen LogP contribution >= 0.6 is 0 Å². The first-order valence-electron chi connectivity index (χ1n) is 10.4. The van der Waals surface area contributed by atoms with E-state index in [1.807, 2.05) is 68.4 Å². The van der Waals surface area contributed by atoms with Crippen molar-refractivity contribution in [3.05, 3.63) is 60.2 Å². The van der Waals surface area contributed by atoms with E-state index in [4.69, 9.17) is 5.11 Å². The lowest BCUT2D eigenvalue weighted by molar-refractivity contribution is -0.143. The molecule has 0 saturated heterocycles. The summed E-state index contributed by atoms with van der Waals surface area (Å²) in [6, 6.07) is 14.5. The molecule has 31 heavy (non-hydrogen) atoms. The molecule has 7 nitrogen and oxygen atoms in total. The maximum atomic E-state index is 12.8. The Morgan fingerprint density at radius 1 is 0.871 bits per heavy atom. The number of nitrogens with one attached hydrogen (secondary N) is 2. The first-order valence-corrected chi connectivity index (χ1v) is 10.4. The van der Waals surface area contributed by atoms with E-state index in [-0.39, 0.29) is 12.3 Å². The molecule has 1 amide bonds. The Morgan fingerprint density at radius 2 is 1.45 bits per heavy atom. The highest BCUT2D eigenvalue weighted by Gasteiger charge is 2.30. The normalized spacial score (nSPS) is 14.8. The van der Waals surface area contributed by atoms with Gasteiger partial charge < -0.3 is 15.5 Å². The third-order valence-electron chi connectivity index (χ3n) is 5.41. The van der Waals surface area contributed by atoms with Crippen LogP contribution in [0, 0.1) is 5.92 Å². The maximum Gasteiger partial charge on any atom is 0.326 e. The molecule has 2 rings (SSSR count). The summed E-state index contributed by atoms with van der Waals surface area (Å²) in [7, 11) is 0. The van der Waals surface area contributed by atoms with Gasteiger partial charge in [-0.2, -0.15) is 0 Å². The molecule has 0 aliphatic rings. The third-order valence-corrected chi connectivity index (χ3v) is 5.41. The Kier molecular flexibility index (Phi) is 8.75. The summed E-state index contributed by atoms with van der Waals surface area (Å²) in [4.78, 5) is 35.8. The average molecular weight is 427 g/mol. The fourth-order valence-electron chi connectivity index (χ4n) is 3.24. The molecule has 7 heteroatoms. The Balaban J connectivity index is 2.11. The van der Waals surface area contributed by atoms with E-state index in [9.17, 15) is 19.5 Å². The topological polar surface area (TPSA) is 116 Å². The fraction of sp³-hybridized carbons (Fsp3) is 0.375. The molecule has 2 aromatic carbocycles. The lowest BCUT2D eigenvalue weighted by atomic mass is 9.96. The molecule has 4 N–H and O–H groups in total. The lowest BCUT2D eigenvalue weighted by Crippen LogP contribution is -2.56. The zero-order valence-electron chi connectivity index (χ0n) is 18.0. The largest absolute Gasteiger partial charge is 0.480 e. The van der Waals surface area contributed by atoms with Crippen molar-refractivity contribution >= 4 is 17.8 Å². The minimum absolute atomic E-state index is 0.123. The van der Waals surface area contributed by atoms with Gasteiger partial charge in [-0.15, -0.1) is 0 Å². The number of hydrogen-bond donors (Lipinski definition) is 4. The fourth-order valence-corrected chi connectivity index (χ4v) is 3.24. The molecular weight excluding hydrogens is 396 g/mol. The molecule has 0 spiro atoms. The second kappa shape index (κ2) is 11.3. The standard InChI is InChI=1S/C24H30N2O5/c1-4-15(2)21(25-16(3)23(28)29)22(27)26-20(24(30)31)14-17-10-12-19(13-11-17)18-8-6-5-7-9-18/h5-13,15-16,20-21,25H,4,14H2,1-3H3,(H,26,27)(H,28,29)(H,30,31)/t15-,16-,20-,21-/m0/s1. The van der Waals surface area contributed by atoms with E-state index >= 15 is 0 Å². The molecule has 166 valence electrons. The molecule has 0 saturated carbocycles. The monoisotopic (exact) mass is 426 g/mol. The average Bonchev–Trinajstić information content (AvgIpc) is 2.77. The van der Waals surface area contributed by atoms with E-state index < -0.39 is 36.0 Å². The number of carbonyl (C=O) groups is 3. The number of hydrogen-bond acceptors (Lipinski definition) is 4. The Hall–Kier alpha value is -3.19. The van der Waals surface area contributed by atoms with E-state index in [0.29, 0.717) is 6.42 Å². The molecule has 4 atom stereocenters. The van der Waals surface area contributed by atoms with Crippen LogP contribution in [0.4, 0.5) is 0 Å². The number of amides is 1. The van der Waals surface area contributed by atoms with Crippen LogP contribution in [0.15, 0.2) is 54.6 Å². The quantitative estimate of drug-likeness (QED) is 0.439. The number of rotatable bonds is 11. The van der Waals surface area contributed by atoms with Crippen LogP contribution in [-0.4, -0.2) is 46.2 Å². The van der Waals surface area contributed by atoms with Gasteiger partial charge in [-0.25, -0.2) is 4.79 Å². The summed E-state index contributed by atoms with van der Waals surface area (Å²) >= 11 is 0. The Bertz CT molecular complexity index is 883. The van der Waals surface area contributed by atoms with Gasteiger partial charge in [-0.1, -0.05) is 74.9 Å². The van der Waals surface area contributed by atoms with E-state index in [1.54, 1.807) is 0 Å². The molecule has 0 aromatic heterocycles. The van der Waals surface area contributed by atoms with Crippen LogP contribution in [0.3, 0.4) is 0 Å². The van der Waals surface area contributed by atoms with Gasteiger partial charge in [0.05, 0.1) is 6.04 Å². The van der Waals surface area contributed by atoms with Crippen molar-refractivity contribution in [1.82, 2.24) is 10.6 Å². The summed E-state index contributed by atoms with van der Waals surface area (Å²) in [6.45, 7) is 5.17. The second-order valence-corrected chi connectivity index (χ2v) is 7.76. The molecule has 0 bridgehead atoms. The van der Waals surface area contributed by atoms with Crippen molar-refractivity contribution in [2.75, 3.05) is 0 Å². The number of carboxylic acid groups (broad SMARTS) is 2. The molecule has 0 fully saturated rings. The lowest BCUT2D eigenvalue weighted by Gasteiger charge is -2.27. The highest BCUT2D eigenvalue weighted by molar-refractivity contribution is 5.88. The zero-order chi connectivity index (χ0) is 23.0. The molecule has 0 aliphatic heterocycles. The summed E-state index contributed by atoms with van der Waals surface area (Å²) in [5.41, 5.74) is 2.86. The van der Waals surface area contributed by atoms with Crippen molar-refractivity contribution in [3.63, 3.8) is 0 Å². The molecule has 0 unspecified atom stereocenters. The Labute approximate surface area is 182 Å². The van der Waals surface area contributed by atoms with Crippen LogP contribution in [0.2, 0.25) is 0 Å². The van der Waals surface area contributed by atoms with Crippen molar-refractivity contribution in [3.8, 4) is 11.1 Å². The smallest absolute Gasteiger partial charge is 0.326 e. The van der Waals surface area contributed by atoms with Gasteiger partial charge in [0.25, 0.3) is 0 Å². The van der Waals surface area contributed by atoms with Gasteiger partial charge in [0.15, 0.2) is 0 Å². The van der Waals surface area contributed by atoms with Gasteiger partial charge >= 0.3 is 11.9 Å². The van der Waals surface area contributed by atoms with Gasteiger partial charge in [0.1, 0.15) is 12.1 Å². The van der Waals surface area contributed by atoms with E-state index in [2.05, 4.69) is 10.6 Å². The predicted octanol–water partition coefficient (Wildman–Crippen LogP) is 2.94. The zero-order valence-corrected chi connectivity index (χ0v) is 18.0. The molecule has 0 aliphatic carbocycles. The van der Waals surface area contributed by atoms with E-state index in [0.717, 1.165) is 16.7 Å². The van der Waals surface area contributed by atoms with Crippen LogP contribution in [0.25, 0.3) is 11.1 Å². The van der Waals surface area contributed by atoms with Crippen LogP contribution in [-0.2, 0) is 20.8 Å². The summed E-state index contributed by atoms with van der Waals surface area (Å²) in [6.07, 6.45) is 0.758. The highest BCUT2D eigenvalue weighted by Crippen LogP contribution is 2.20. The molecule has 2 aromatic rings. The number of benzene rings is 2. The summed E-state index contributed by atoms with van der Waals surface area (Å²) in [5.74, 6) is -2.90. The van der Waals surface area contributed by atoms with Gasteiger partial charge in [-0.05, 0) is 29.5 Å². The van der Waals surface area contributed by atoms with Gasteiger partial charge in [0.2, 0.25) is 5.91 Å². The first-order chi connectivity index (χ1) is 14.7.